The van der Waals surface area contributed by atoms with Gasteiger partial charge in [-0.25, -0.2) is 4.79 Å². The Hall–Kier alpha value is -2.17. The number of ether oxygens (including phenoxy) is 1. The smallest absolute Gasteiger partial charge is 0.335 e. The Labute approximate surface area is 140 Å². The number of carbonyl (C=O) groups is 1. The van der Waals surface area contributed by atoms with Crippen molar-refractivity contribution in [3.05, 3.63) is 69.8 Å². The lowest BCUT2D eigenvalue weighted by atomic mass is 9.84. The molecule has 3 heterocycles. The van der Waals surface area contributed by atoms with Gasteiger partial charge in [-0.2, -0.15) is 0 Å². The van der Waals surface area contributed by atoms with Crippen LogP contribution in [0, 0.1) is 0 Å². The number of nitrogens with zero attached hydrogens (tertiary/aromatic N) is 1. The Balaban J connectivity index is 1.50. The lowest BCUT2D eigenvalue weighted by Crippen LogP contribution is -2.18. The van der Waals surface area contributed by atoms with Crippen LogP contribution in [0.4, 0.5) is 0 Å². The Morgan fingerprint density at radius 1 is 1.00 bits per heavy atom. The van der Waals surface area contributed by atoms with E-state index >= 15 is 0 Å². The highest BCUT2D eigenvalue weighted by Crippen LogP contribution is 2.54. The molecule has 0 spiro atoms. The molecule has 4 heteroatoms. The van der Waals surface area contributed by atoms with Gasteiger partial charge in [0, 0.05) is 6.54 Å². The molecule has 2 unspecified atom stereocenters. The van der Waals surface area contributed by atoms with Gasteiger partial charge in [-0.1, -0.05) is 24.3 Å². The molecule has 2 atom stereocenters. The maximum atomic E-state index is 11.3. The van der Waals surface area contributed by atoms with Crippen LogP contribution < -0.4 is 0 Å². The molecule has 2 bridgehead atoms. The molecule has 3 aliphatic rings. The zero-order valence-electron chi connectivity index (χ0n) is 13.4. The van der Waals surface area contributed by atoms with Crippen molar-refractivity contribution in [2.45, 2.75) is 31.6 Å². The molecule has 24 heavy (non-hydrogen) atoms. The summed E-state index contributed by atoms with van der Waals surface area (Å²) in [6, 6.07) is 12.0. The summed E-state index contributed by atoms with van der Waals surface area (Å²) >= 11 is 0. The molecule has 0 aromatic heterocycles. The summed E-state index contributed by atoms with van der Waals surface area (Å²) in [4.78, 5) is 13.7. The molecule has 0 radical (unpaired) electrons. The fraction of sp³-hybridized carbons (Fsp3) is 0.350. The van der Waals surface area contributed by atoms with Gasteiger partial charge in [0.15, 0.2) is 0 Å². The molecule has 1 saturated heterocycles. The lowest BCUT2D eigenvalue weighted by molar-refractivity contribution is 0.0696. The monoisotopic (exact) mass is 321 g/mol. The number of likely N-dealkylation sites (tertiary alicyclic amines) is 1. The zero-order chi connectivity index (χ0) is 16.3. The number of fused-ring (bicyclic) bond motifs is 8. The van der Waals surface area contributed by atoms with E-state index in [2.05, 4.69) is 23.1 Å². The minimum Gasteiger partial charge on any atom is -0.478 e. The van der Waals surface area contributed by atoms with Crippen LogP contribution in [0.2, 0.25) is 0 Å². The van der Waals surface area contributed by atoms with Gasteiger partial charge in [-0.05, 0) is 65.9 Å². The summed E-state index contributed by atoms with van der Waals surface area (Å²) in [5, 5.41) is 9.24. The van der Waals surface area contributed by atoms with Crippen LogP contribution in [0.1, 0.15) is 63.2 Å². The van der Waals surface area contributed by atoms with Gasteiger partial charge in [0.25, 0.3) is 0 Å². The Bertz CT molecular complexity index is 839. The molecule has 3 aliphatic heterocycles. The number of rotatable bonds is 3. The summed E-state index contributed by atoms with van der Waals surface area (Å²) in [7, 11) is 0. The second-order valence-corrected chi connectivity index (χ2v) is 6.99. The van der Waals surface area contributed by atoms with Gasteiger partial charge in [0.1, 0.15) is 12.2 Å². The number of hydrogen-bond donors (Lipinski definition) is 1. The first kappa shape index (κ1) is 14.2. The molecule has 2 aromatic carbocycles. The molecule has 2 aromatic rings. The first-order valence-electron chi connectivity index (χ1n) is 8.58. The highest BCUT2D eigenvalue weighted by molar-refractivity contribution is 5.88. The Kier molecular flexibility index (Phi) is 3.05. The maximum Gasteiger partial charge on any atom is 0.335 e. The van der Waals surface area contributed by atoms with E-state index in [0.29, 0.717) is 5.56 Å². The van der Waals surface area contributed by atoms with Crippen LogP contribution in [-0.2, 0) is 11.3 Å². The summed E-state index contributed by atoms with van der Waals surface area (Å²) in [5.41, 5.74) is 6.24. The number of hydrogen-bond acceptors (Lipinski definition) is 3. The third-order valence-corrected chi connectivity index (χ3v) is 5.49. The summed E-state index contributed by atoms with van der Waals surface area (Å²) in [6.45, 7) is 3.36. The van der Waals surface area contributed by atoms with Crippen LogP contribution >= 0.6 is 0 Å². The van der Waals surface area contributed by atoms with Crippen molar-refractivity contribution in [3.8, 4) is 0 Å². The second-order valence-electron chi connectivity index (χ2n) is 6.99. The molecule has 5 rings (SSSR count). The van der Waals surface area contributed by atoms with Crippen molar-refractivity contribution >= 4 is 5.97 Å². The molecular formula is C20H19NO3. The van der Waals surface area contributed by atoms with Crippen molar-refractivity contribution in [1.82, 2.24) is 4.90 Å². The Morgan fingerprint density at radius 2 is 1.67 bits per heavy atom. The van der Waals surface area contributed by atoms with Crippen LogP contribution in [0.3, 0.4) is 0 Å². The largest absolute Gasteiger partial charge is 0.478 e. The number of benzene rings is 2. The van der Waals surface area contributed by atoms with Gasteiger partial charge < -0.3 is 9.84 Å². The van der Waals surface area contributed by atoms with E-state index in [1.807, 2.05) is 6.07 Å². The summed E-state index contributed by atoms with van der Waals surface area (Å²) in [6.07, 6.45) is 2.44. The highest BCUT2D eigenvalue weighted by atomic mass is 16.5. The predicted molar refractivity (Wildman–Crippen MR) is 89.1 cm³/mol. The zero-order valence-corrected chi connectivity index (χ0v) is 13.4. The van der Waals surface area contributed by atoms with Crippen LogP contribution in [0.5, 0.6) is 0 Å². The van der Waals surface area contributed by atoms with E-state index in [1.165, 1.54) is 42.6 Å². The van der Waals surface area contributed by atoms with Gasteiger partial charge in [-0.15, -0.1) is 0 Å². The van der Waals surface area contributed by atoms with Crippen LogP contribution in [0.15, 0.2) is 36.4 Å². The number of carboxylic acids is 1. The maximum absolute atomic E-state index is 11.3. The average Bonchev–Trinajstić information content (AvgIpc) is 3.29. The molecular weight excluding hydrogens is 302 g/mol. The molecule has 1 N–H and O–H groups in total. The van der Waals surface area contributed by atoms with E-state index in [9.17, 15) is 9.90 Å². The lowest BCUT2D eigenvalue weighted by Gasteiger charge is -2.19. The van der Waals surface area contributed by atoms with E-state index in [4.69, 9.17) is 4.74 Å². The quantitative estimate of drug-likeness (QED) is 0.940. The first-order valence-corrected chi connectivity index (χ1v) is 8.58. The molecule has 0 aliphatic carbocycles. The van der Waals surface area contributed by atoms with E-state index < -0.39 is 5.97 Å². The summed E-state index contributed by atoms with van der Waals surface area (Å²) in [5.74, 6) is -0.886. The van der Waals surface area contributed by atoms with E-state index in [1.54, 1.807) is 12.1 Å². The Morgan fingerprint density at radius 3 is 2.42 bits per heavy atom. The number of carboxylic acid groups (broad SMARTS) is 1. The fourth-order valence-electron chi connectivity index (χ4n) is 4.33. The van der Waals surface area contributed by atoms with Crippen molar-refractivity contribution in [1.29, 1.82) is 0 Å². The molecule has 122 valence electrons. The second kappa shape index (κ2) is 5.16. The van der Waals surface area contributed by atoms with Gasteiger partial charge in [0.2, 0.25) is 0 Å². The van der Waals surface area contributed by atoms with Gasteiger partial charge in [0.05, 0.1) is 5.56 Å². The van der Waals surface area contributed by atoms with Crippen molar-refractivity contribution in [3.63, 3.8) is 0 Å². The van der Waals surface area contributed by atoms with Crippen molar-refractivity contribution in [2.24, 2.45) is 0 Å². The van der Waals surface area contributed by atoms with E-state index in [0.717, 1.165) is 17.7 Å². The van der Waals surface area contributed by atoms with Gasteiger partial charge >= 0.3 is 5.97 Å². The standard InChI is InChI=1S/C20H19NO3/c22-20(23)13-4-6-15-17(10-13)19-16-9-12(11-21-7-1-2-8-21)3-5-14(16)18(15)24-19/h3-6,9-10,18-19H,1-2,7-8,11H2,(H,22,23). The number of aromatic carboxylic acids is 1. The first-order chi connectivity index (χ1) is 11.7. The SMILES string of the molecule is O=C(O)c1ccc2c(c1)C1OC2c2ccc(CN3CCCC3)cc21. The molecule has 1 fully saturated rings. The minimum atomic E-state index is -0.886. The van der Waals surface area contributed by atoms with Gasteiger partial charge in [-0.3, -0.25) is 4.90 Å². The molecule has 0 amide bonds. The average molecular weight is 321 g/mol. The predicted octanol–water partition coefficient (Wildman–Crippen LogP) is 3.50. The highest BCUT2D eigenvalue weighted by Gasteiger charge is 2.43. The molecule has 0 saturated carbocycles. The third kappa shape index (κ3) is 2.03. The minimum absolute atomic E-state index is 0.0383. The third-order valence-electron chi connectivity index (χ3n) is 5.49. The normalized spacial score (nSPS) is 24.2. The van der Waals surface area contributed by atoms with E-state index in [-0.39, 0.29) is 12.2 Å². The summed E-state index contributed by atoms with van der Waals surface area (Å²) < 4.78 is 6.17. The van der Waals surface area contributed by atoms with Crippen LogP contribution in [-0.4, -0.2) is 29.1 Å². The fourth-order valence-corrected chi connectivity index (χ4v) is 4.33. The van der Waals surface area contributed by atoms with Crippen LogP contribution in [0.25, 0.3) is 0 Å². The van der Waals surface area contributed by atoms with Crippen molar-refractivity contribution in [2.75, 3.05) is 13.1 Å². The topological polar surface area (TPSA) is 49.8 Å². The van der Waals surface area contributed by atoms with Crippen molar-refractivity contribution < 1.29 is 14.6 Å². The molecule has 4 nitrogen and oxygen atoms in total.